The summed E-state index contributed by atoms with van der Waals surface area (Å²) in [5, 5.41) is 58.8. The second kappa shape index (κ2) is 20.2. The first kappa shape index (κ1) is 53.9. The van der Waals surface area contributed by atoms with Gasteiger partial charge in [-0.15, -0.1) is 0 Å². The SMILES string of the molecule is CO[C@H]1C(OC(=O)c2ccc(C)[nH]2)[C@@H](O)[C@@H](Oc2ccc3c(O)c(-c4c[nH]c(C(=O)Nc5c(O)c6ccc(O[C@@H]7OC(C)(C)[C@H](CO)[C@H](OC(=O)c8ccc(C)[nH]8)C7O)c(C)c6oc5=O)c4C)c(=O)oc3c2C)OC1(C)C. The average Bonchev–Trinajstić information content (AvgIpc) is 4.14. The molecule has 1 amide bonds. The maximum absolute atomic E-state index is 13.9. The highest BCUT2D eigenvalue weighted by molar-refractivity contribution is 6.07. The minimum absolute atomic E-state index is 0.0193. The molecule has 23 heteroatoms. The van der Waals surface area contributed by atoms with Crippen LogP contribution in [0.2, 0.25) is 0 Å². The Bertz CT molecular complexity index is 3580. The number of ether oxygens (including phenoxy) is 7. The lowest BCUT2D eigenvalue weighted by atomic mass is 9.81. The molecular formula is C54H58N4O19. The fourth-order valence-corrected chi connectivity index (χ4v) is 10.00. The number of hydrogen-bond acceptors (Lipinski definition) is 19. The van der Waals surface area contributed by atoms with E-state index in [4.69, 9.17) is 42.0 Å². The van der Waals surface area contributed by atoms with Crippen molar-refractivity contribution >= 4 is 45.5 Å². The van der Waals surface area contributed by atoms with Crippen LogP contribution in [0.5, 0.6) is 23.0 Å². The molecule has 0 saturated carbocycles. The summed E-state index contributed by atoms with van der Waals surface area (Å²) in [5.74, 6) is -4.37. The number of methoxy groups -OCH3 is 1. The number of rotatable bonds is 13. The fourth-order valence-electron chi connectivity index (χ4n) is 10.00. The second-order valence-corrected chi connectivity index (χ2v) is 20.2. The molecule has 8 atom stereocenters. The van der Waals surface area contributed by atoms with Crippen molar-refractivity contribution in [2.75, 3.05) is 19.0 Å². The monoisotopic (exact) mass is 1070 g/mol. The number of aromatic hydroxyl groups is 2. The van der Waals surface area contributed by atoms with Gasteiger partial charge < -0.3 is 87.8 Å². The van der Waals surface area contributed by atoms with Crippen molar-refractivity contribution < 1.29 is 81.9 Å². The van der Waals surface area contributed by atoms with E-state index in [0.29, 0.717) is 5.69 Å². The molecule has 2 aliphatic rings. The average molecular weight is 1070 g/mol. The van der Waals surface area contributed by atoms with Crippen LogP contribution in [-0.4, -0.2) is 126 Å². The topological polar surface area (TPSA) is 337 Å². The molecule has 2 unspecified atom stereocenters. The summed E-state index contributed by atoms with van der Waals surface area (Å²) >= 11 is 0. The molecule has 408 valence electrons. The van der Waals surface area contributed by atoms with E-state index in [0.717, 1.165) is 5.69 Å². The molecule has 2 aliphatic heterocycles. The molecule has 9 N–H and O–H groups in total. The molecule has 77 heavy (non-hydrogen) atoms. The Morgan fingerprint density at radius 2 is 1.18 bits per heavy atom. The minimum Gasteiger partial charge on any atom is -0.506 e. The first-order valence-corrected chi connectivity index (χ1v) is 24.4. The predicted molar refractivity (Wildman–Crippen MR) is 272 cm³/mol. The smallest absolute Gasteiger partial charge is 0.364 e. The van der Waals surface area contributed by atoms with Gasteiger partial charge in [0.1, 0.15) is 63.3 Å². The van der Waals surface area contributed by atoms with E-state index in [1.165, 1.54) is 57.5 Å². The van der Waals surface area contributed by atoms with Gasteiger partial charge in [-0.25, -0.2) is 19.2 Å². The number of carbonyl (C=O) groups is 3. The number of aryl methyl sites for hydroxylation is 4. The Morgan fingerprint density at radius 3 is 1.70 bits per heavy atom. The van der Waals surface area contributed by atoms with Gasteiger partial charge in [0.25, 0.3) is 5.91 Å². The molecule has 0 spiro atoms. The summed E-state index contributed by atoms with van der Waals surface area (Å²) in [7, 11) is 1.39. The molecule has 0 bridgehead atoms. The van der Waals surface area contributed by atoms with Crippen LogP contribution in [0.15, 0.2) is 73.2 Å². The van der Waals surface area contributed by atoms with Crippen LogP contribution in [0.1, 0.15) is 87.2 Å². The van der Waals surface area contributed by atoms with Crippen LogP contribution >= 0.6 is 0 Å². The van der Waals surface area contributed by atoms with Crippen molar-refractivity contribution in [2.45, 2.75) is 117 Å². The number of H-pyrrole nitrogens is 3. The zero-order valence-corrected chi connectivity index (χ0v) is 43.5. The van der Waals surface area contributed by atoms with Gasteiger partial charge in [-0.05, 0) is 116 Å². The molecule has 9 rings (SSSR count). The molecule has 5 aromatic heterocycles. The maximum Gasteiger partial charge on any atom is 0.364 e. The lowest BCUT2D eigenvalue weighted by Crippen LogP contribution is -2.65. The highest BCUT2D eigenvalue weighted by Crippen LogP contribution is 2.43. The number of amides is 1. The van der Waals surface area contributed by atoms with E-state index in [1.807, 2.05) is 0 Å². The van der Waals surface area contributed by atoms with Gasteiger partial charge in [0.2, 0.25) is 12.6 Å². The molecule has 2 aromatic carbocycles. The molecule has 2 saturated heterocycles. The summed E-state index contributed by atoms with van der Waals surface area (Å²) < 4.78 is 53.0. The predicted octanol–water partition coefficient (Wildman–Crippen LogP) is 5.58. The lowest BCUT2D eigenvalue weighted by molar-refractivity contribution is -0.305. The van der Waals surface area contributed by atoms with Gasteiger partial charge in [0, 0.05) is 41.4 Å². The number of benzene rings is 2. The number of nitrogens with one attached hydrogen (secondary N) is 4. The van der Waals surface area contributed by atoms with Crippen LogP contribution in [0.3, 0.4) is 0 Å². The number of carbonyl (C=O) groups excluding carboxylic acids is 3. The van der Waals surface area contributed by atoms with Gasteiger partial charge >= 0.3 is 23.2 Å². The molecule has 7 aromatic rings. The highest BCUT2D eigenvalue weighted by atomic mass is 16.7. The third-order valence-electron chi connectivity index (χ3n) is 14.2. The van der Waals surface area contributed by atoms with E-state index < -0.39 is 113 Å². The number of aromatic amines is 3. The Morgan fingerprint density at radius 1 is 0.675 bits per heavy atom. The Balaban J connectivity index is 0.930. The van der Waals surface area contributed by atoms with Gasteiger partial charge in [0.15, 0.2) is 29.7 Å². The Labute approximate surface area is 437 Å². The van der Waals surface area contributed by atoms with Gasteiger partial charge in [0.05, 0.1) is 34.5 Å². The summed E-state index contributed by atoms with van der Waals surface area (Å²) in [6, 6.07) is 12.1. The maximum atomic E-state index is 13.9. The molecule has 0 radical (unpaired) electrons. The van der Waals surface area contributed by atoms with E-state index in [2.05, 4.69) is 20.3 Å². The third kappa shape index (κ3) is 9.69. The third-order valence-corrected chi connectivity index (χ3v) is 14.2. The van der Waals surface area contributed by atoms with Crippen LogP contribution < -0.4 is 26.0 Å². The molecule has 0 aliphatic carbocycles. The summed E-state index contributed by atoms with van der Waals surface area (Å²) in [6.07, 6.45) is -8.26. The first-order valence-electron chi connectivity index (χ1n) is 24.4. The van der Waals surface area contributed by atoms with Crippen LogP contribution in [0.25, 0.3) is 33.1 Å². The Hall–Kier alpha value is -7.93. The van der Waals surface area contributed by atoms with Crippen molar-refractivity contribution in [3.05, 3.63) is 121 Å². The summed E-state index contributed by atoms with van der Waals surface area (Å²) in [4.78, 5) is 75.9. The molecule has 23 nitrogen and oxygen atoms in total. The number of aliphatic hydroxyl groups excluding tert-OH is 3. The zero-order valence-electron chi connectivity index (χ0n) is 43.5. The zero-order chi connectivity index (χ0) is 55.7. The van der Waals surface area contributed by atoms with Crippen LogP contribution in [0.4, 0.5) is 5.69 Å². The van der Waals surface area contributed by atoms with E-state index in [1.54, 1.807) is 66.7 Å². The Kier molecular flexibility index (Phi) is 14.1. The highest BCUT2D eigenvalue weighted by Gasteiger charge is 2.54. The van der Waals surface area contributed by atoms with Crippen LogP contribution in [0, 0.1) is 40.5 Å². The number of hydrogen-bond donors (Lipinski definition) is 9. The summed E-state index contributed by atoms with van der Waals surface area (Å²) in [5.41, 5.74) is -3.52. The lowest BCUT2D eigenvalue weighted by Gasteiger charge is -2.47. The minimum atomic E-state index is -1.61. The van der Waals surface area contributed by atoms with Crippen molar-refractivity contribution in [3.8, 4) is 34.1 Å². The number of anilines is 1. The first-order chi connectivity index (χ1) is 36.3. The van der Waals surface area contributed by atoms with Crippen molar-refractivity contribution in [1.29, 1.82) is 0 Å². The van der Waals surface area contributed by atoms with Gasteiger partial charge in [-0.2, -0.15) is 0 Å². The van der Waals surface area contributed by atoms with Gasteiger partial charge in [-0.1, -0.05) is 0 Å². The van der Waals surface area contributed by atoms with Crippen molar-refractivity contribution in [2.24, 2.45) is 5.92 Å². The molecule has 7 heterocycles. The fraction of sp³-hybridized carbons (Fsp3) is 0.389. The van der Waals surface area contributed by atoms with Crippen molar-refractivity contribution in [1.82, 2.24) is 15.0 Å². The molecule has 2 fully saturated rings. The van der Waals surface area contributed by atoms with Crippen molar-refractivity contribution in [3.63, 3.8) is 0 Å². The standard InChI is InChI=1S/C54H58N4O19/c1-21-11-15-30(56-21)47(65)74-43-29(20-59)53(6,7)76-51(39(43)62)70-33-18-14-27-38(61)36(50(68)73-42(27)25(33)5)58-46(64)35-23(3)28(19-55-35)34-37(60)26-13-17-32(24(4)41(26)72-49(34)67)71-52-40(63)44(45(69-10)54(8,9)77-52)75-48(66)31-16-12-22(2)57-31/h11-19,29,39-40,43-45,51-52,55-57,59-63H,20H2,1-10H3,(H,58,64)/t29-,39?,40-,43+,44?,45+,51-,52+/m1/s1. The van der Waals surface area contributed by atoms with Gasteiger partial charge in [-0.3, -0.25) is 4.79 Å². The van der Waals surface area contributed by atoms with E-state index in [-0.39, 0.29) is 78.3 Å². The normalized spacial score (nSPS) is 22.9. The second-order valence-electron chi connectivity index (χ2n) is 20.2. The molecular weight excluding hydrogens is 1010 g/mol. The number of aliphatic hydroxyl groups is 3. The van der Waals surface area contributed by atoms with Crippen LogP contribution in [-0.2, 0) is 23.7 Å². The number of fused-ring (bicyclic) bond motifs is 2. The van der Waals surface area contributed by atoms with E-state index >= 15 is 0 Å². The number of aromatic nitrogens is 3. The summed E-state index contributed by atoms with van der Waals surface area (Å²) in [6.45, 7) is 14.2. The largest absolute Gasteiger partial charge is 0.506 e. The number of esters is 2. The quantitative estimate of drug-likeness (QED) is 0.0502. The van der Waals surface area contributed by atoms with E-state index in [9.17, 15) is 49.5 Å².